The molecule has 2 amide bonds. The lowest BCUT2D eigenvalue weighted by molar-refractivity contribution is -0.151. The van der Waals surface area contributed by atoms with Crippen molar-refractivity contribution in [1.29, 1.82) is 0 Å². The highest BCUT2D eigenvalue weighted by molar-refractivity contribution is 5.97. The third-order valence-corrected chi connectivity index (χ3v) is 3.11. The molecular weight excluding hydrogens is 204 g/mol. The number of amides is 2. The number of carbonyl (C=O) groups is 2. The predicted octanol–water partition coefficient (Wildman–Crippen LogP) is 0.525. The van der Waals surface area contributed by atoms with Crippen molar-refractivity contribution < 1.29 is 9.59 Å². The summed E-state index contributed by atoms with van der Waals surface area (Å²) in [6.45, 7) is 5.61. The monoisotopic (exact) mass is 222 g/mol. The lowest BCUT2D eigenvalue weighted by Gasteiger charge is -2.41. The summed E-state index contributed by atoms with van der Waals surface area (Å²) >= 11 is 0. The highest BCUT2D eigenvalue weighted by Gasteiger charge is 2.42. The van der Waals surface area contributed by atoms with Gasteiger partial charge >= 0.3 is 0 Å². The van der Waals surface area contributed by atoms with Crippen molar-refractivity contribution in [2.24, 2.45) is 0 Å². The molecular formula is C12H18N2O2. The first-order chi connectivity index (χ1) is 7.44. The maximum atomic E-state index is 12.2. The van der Waals surface area contributed by atoms with Gasteiger partial charge in [-0.3, -0.25) is 9.59 Å². The zero-order valence-corrected chi connectivity index (χ0v) is 10.0. The second-order valence-corrected chi connectivity index (χ2v) is 4.42. The van der Waals surface area contributed by atoms with Gasteiger partial charge in [0.25, 0.3) is 0 Å². The molecule has 88 valence electrons. The van der Waals surface area contributed by atoms with Gasteiger partial charge in [0.1, 0.15) is 5.54 Å². The van der Waals surface area contributed by atoms with Crippen LogP contribution in [0.15, 0.2) is 0 Å². The van der Waals surface area contributed by atoms with Gasteiger partial charge in [0, 0.05) is 12.5 Å². The number of terminal acetylenes is 1. The first kappa shape index (κ1) is 12.6. The Hall–Kier alpha value is -1.50. The average molecular weight is 222 g/mol. The van der Waals surface area contributed by atoms with Crippen LogP contribution in [0.25, 0.3) is 0 Å². The molecule has 0 aromatic heterocycles. The number of hydrogen-bond acceptors (Lipinski definition) is 2. The van der Waals surface area contributed by atoms with Crippen LogP contribution in [0.1, 0.15) is 33.6 Å². The molecule has 1 rings (SSSR count). The Labute approximate surface area is 96.4 Å². The summed E-state index contributed by atoms with van der Waals surface area (Å²) in [7, 11) is 0. The van der Waals surface area contributed by atoms with Gasteiger partial charge < -0.3 is 10.2 Å². The molecule has 0 aromatic rings. The largest absolute Gasteiger partial charge is 0.340 e. The van der Waals surface area contributed by atoms with E-state index in [2.05, 4.69) is 11.2 Å². The summed E-state index contributed by atoms with van der Waals surface area (Å²) in [5.41, 5.74) is -0.780. The van der Waals surface area contributed by atoms with Gasteiger partial charge in [-0.15, -0.1) is 12.3 Å². The minimum absolute atomic E-state index is 0.0441. The van der Waals surface area contributed by atoms with Gasteiger partial charge in [-0.2, -0.15) is 0 Å². The predicted molar refractivity (Wildman–Crippen MR) is 61.5 cm³/mol. The molecule has 2 atom stereocenters. The van der Waals surface area contributed by atoms with Crippen LogP contribution in [0.4, 0.5) is 0 Å². The van der Waals surface area contributed by atoms with Crippen molar-refractivity contribution >= 4 is 11.8 Å². The Morgan fingerprint density at radius 1 is 1.62 bits per heavy atom. The molecule has 0 saturated carbocycles. The van der Waals surface area contributed by atoms with Crippen molar-refractivity contribution in [1.82, 2.24) is 10.2 Å². The Morgan fingerprint density at radius 3 is 2.75 bits per heavy atom. The van der Waals surface area contributed by atoms with Crippen LogP contribution in [0.2, 0.25) is 0 Å². The summed E-state index contributed by atoms with van der Waals surface area (Å²) in [6, 6.07) is -0.0885. The van der Waals surface area contributed by atoms with Crippen molar-refractivity contribution in [2.45, 2.75) is 45.2 Å². The lowest BCUT2D eigenvalue weighted by Crippen LogP contribution is -2.66. The summed E-state index contributed by atoms with van der Waals surface area (Å²) in [5, 5.41) is 2.74. The van der Waals surface area contributed by atoms with Gasteiger partial charge in [0.05, 0.1) is 6.54 Å². The molecule has 0 aliphatic carbocycles. The average Bonchev–Trinajstić information content (AvgIpc) is 2.23. The van der Waals surface area contributed by atoms with E-state index in [-0.39, 0.29) is 24.4 Å². The van der Waals surface area contributed by atoms with E-state index < -0.39 is 5.54 Å². The zero-order chi connectivity index (χ0) is 12.3. The molecule has 0 spiro atoms. The summed E-state index contributed by atoms with van der Waals surface area (Å²) in [4.78, 5) is 25.3. The van der Waals surface area contributed by atoms with Crippen LogP contribution in [-0.4, -0.2) is 34.8 Å². The summed E-state index contributed by atoms with van der Waals surface area (Å²) in [5.74, 6) is 2.36. The Morgan fingerprint density at radius 2 is 2.25 bits per heavy atom. The molecule has 0 radical (unpaired) electrons. The molecule has 16 heavy (non-hydrogen) atoms. The standard InChI is InChI=1S/C12H18N2O2/c1-5-7-9(3)14-8-10(15)13-12(4,6-2)11(14)16/h1,9H,6-8H2,2-4H3,(H,13,15). The topological polar surface area (TPSA) is 49.4 Å². The lowest BCUT2D eigenvalue weighted by atomic mass is 9.93. The molecule has 1 N–H and O–H groups in total. The molecule has 1 aliphatic rings. The second kappa shape index (κ2) is 4.56. The highest BCUT2D eigenvalue weighted by Crippen LogP contribution is 2.20. The van der Waals surface area contributed by atoms with Crippen LogP contribution in [0, 0.1) is 12.3 Å². The van der Waals surface area contributed by atoms with E-state index in [1.807, 2.05) is 13.8 Å². The van der Waals surface area contributed by atoms with Gasteiger partial charge in [-0.1, -0.05) is 6.92 Å². The molecule has 0 aromatic carbocycles. The van der Waals surface area contributed by atoms with Crippen molar-refractivity contribution in [3.8, 4) is 12.3 Å². The van der Waals surface area contributed by atoms with Crippen LogP contribution < -0.4 is 5.32 Å². The highest BCUT2D eigenvalue weighted by atomic mass is 16.2. The third-order valence-electron chi connectivity index (χ3n) is 3.11. The summed E-state index contributed by atoms with van der Waals surface area (Å²) in [6.07, 6.45) is 6.28. The van der Waals surface area contributed by atoms with Crippen LogP contribution in [0.3, 0.4) is 0 Å². The number of nitrogens with one attached hydrogen (secondary N) is 1. The molecule has 2 unspecified atom stereocenters. The molecule has 4 nitrogen and oxygen atoms in total. The van der Waals surface area contributed by atoms with Crippen molar-refractivity contribution in [3.63, 3.8) is 0 Å². The summed E-state index contributed by atoms with van der Waals surface area (Å²) < 4.78 is 0. The van der Waals surface area contributed by atoms with Gasteiger partial charge in [0.15, 0.2) is 0 Å². The number of carbonyl (C=O) groups excluding carboxylic acids is 2. The minimum atomic E-state index is -0.780. The number of piperazine rings is 1. The fraction of sp³-hybridized carbons (Fsp3) is 0.667. The first-order valence-corrected chi connectivity index (χ1v) is 5.50. The van der Waals surface area contributed by atoms with Crippen molar-refractivity contribution in [3.05, 3.63) is 0 Å². The fourth-order valence-electron chi connectivity index (χ4n) is 1.82. The van der Waals surface area contributed by atoms with Gasteiger partial charge in [-0.25, -0.2) is 0 Å². The molecule has 1 saturated heterocycles. The van der Waals surface area contributed by atoms with Gasteiger partial charge in [0.2, 0.25) is 11.8 Å². The molecule has 1 aliphatic heterocycles. The van der Waals surface area contributed by atoms with E-state index >= 15 is 0 Å². The third kappa shape index (κ3) is 2.19. The van der Waals surface area contributed by atoms with Crippen LogP contribution in [0.5, 0.6) is 0 Å². The Balaban J connectivity index is 2.90. The van der Waals surface area contributed by atoms with E-state index in [4.69, 9.17) is 6.42 Å². The van der Waals surface area contributed by atoms with Gasteiger partial charge in [-0.05, 0) is 20.3 Å². The maximum Gasteiger partial charge on any atom is 0.248 e. The zero-order valence-electron chi connectivity index (χ0n) is 10.0. The normalized spacial score (nSPS) is 27.2. The Kier molecular flexibility index (Phi) is 3.58. The maximum absolute atomic E-state index is 12.2. The van der Waals surface area contributed by atoms with E-state index in [0.717, 1.165) is 0 Å². The Bertz CT molecular complexity index is 345. The minimum Gasteiger partial charge on any atom is -0.340 e. The second-order valence-electron chi connectivity index (χ2n) is 4.42. The SMILES string of the molecule is C#CCC(C)N1CC(=O)NC(C)(CC)C1=O. The van der Waals surface area contributed by atoms with E-state index in [1.54, 1.807) is 11.8 Å². The van der Waals surface area contributed by atoms with E-state index in [1.165, 1.54) is 0 Å². The number of nitrogens with zero attached hydrogens (tertiary/aromatic N) is 1. The fourth-order valence-corrected chi connectivity index (χ4v) is 1.82. The molecule has 0 bridgehead atoms. The van der Waals surface area contributed by atoms with E-state index in [9.17, 15) is 9.59 Å². The van der Waals surface area contributed by atoms with E-state index in [0.29, 0.717) is 12.8 Å². The number of rotatable bonds is 3. The van der Waals surface area contributed by atoms with Crippen LogP contribution >= 0.6 is 0 Å². The molecule has 1 heterocycles. The van der Waals surface area contributed by atoms with Crippen LogP contribution in [-0.2, 0) is 9.59 Å². The van der Waals surface area contributed by atoms with Crippen molar-refractivity contribution in [2.75, 3.05) is 6.54 Å². The molecule has 1 fully saturated rings. The smallest absolute Gasteiger partial charge is 0.248 e. The number of hydrogen-bond donors (Lipinski definition) is 1. The quantitative estimate of drug-likeness (QED) is 0.708. The first-order valence-electron chi connectivity index (χ1n) is 5.50. The molecule has 4 heteroatoms.